The van der Waals surface area contributed by atoms with Crippen LogP contribution in [0.25, 0.3) is 11.4 Å². The van der Waals surface area contributed by atoms with E-state index in [0.717, 1.165) is 11.4 Å². The lowest BCUT2D eigenvalue weighted by Crippen LogP contribution is -2.34. The molecule has 1 aromatic heterocycles. The summed E-state index contributed by atoms with van der Waals surface area (Å²) in [5, 5.41) is 2.49. The SMILES string of the molecule is CC(C)(C)OC(=O)NC/C(=C/F)COc1ccc(-c2ncc[nH]2)cc1. The number of aromatic nitrogens is 2. The van der Waals surface area contributed by atoms with Crippen molar-refractivity contribution in [2.45, 2.75) is 26.4 Å². The van der Waals surface area contributed by atoms with Gasteiger partial charge in [0.2, 0.25) is 0 Å². The van der Waals surface area contributed by atoms with Gasteiger partial charge in [0.1, 0.15) is 23.8 Å². The van der Waals surface area contributed by atoms with Gasteiger partial charge in [-0.3, -0.25) is 0 Å². The van der Waals surface area contributed by atoms with Crippen molar-refractivity contribution in [2.75, 3.05) is 13.2 Å². The third-order valence-electron chi connectivity index (χ3n) is 3.06. The molecule has 0 spiro atoms. The Morgan fingerprint density at radius 1 is 1.32 bits per heavy atom. The predicted octanol–water partition coefficient (Wildman–Crippen LogP) is 3.83. The van der Waals surface area contributed by atoms with E-state index in [2.05, 4.69) is 15.3 Å². The van der Waals surface area contributed by atoms with E-state index in [0.29, 0.717) is 17.7 Å². The molecule has 0 aliphatic heterocycles. The zero-order valence-electron chi connectivity index (χ0n) is 14.5. The summed E-state index contributed by atoms with van der Waals surface area (Å²) >= 11 is 0. The van der Waals surface area contributed by atoms with Crippen molar-refractivity contribution in [1.82, 2.24) is 15.3 Å². The number of ether oxygens (including phenoxy) is 2. The van der Waals surface area contributed by atoms with Crippen molar-refractivity contribution >= 4 is 6.09 Å². The van der Waals surface area contributed by atoms with E-state index in [9.17, 15) is 9.18 Å². The first-order valence-corrected chi connectivity index (χ1v) is 7.85. The van der Waals surface area contributed by atoms with Gasteiger partial charge < -0.3 is 19.8 Å². The molecule has 1 amide bonds. The number of aromatic amines is 1. The van der Waals surface area contributed by atoms with E-state index in [4.69, 9.17) is 9.47 Å². The highest BCUT2D eigenvalue weighted by Crippen LogP contribution is 2.19. The minimum atomic E-state index is -0.602. The van der Waals surface area contributed by atoms with Crippen LogP contribution in [0.15, 0.2) is 48.6 Å². The first kappa shape index (κ1) is 18.5. The first-order chi connectivity index (χ1) is 11.9. The highest BCUT2D eigenvalue weighted by atomic mass is 19.1. The van der Waals surface area contributed by atoms with E-state index in [1.807, 2.05) is 12.1 Å². The molecule has 2 N–H and O–H groups in total. The highest BCUT2D eigenvalue weighted by Gasteiger charge is 2.16. The molecule has 134 valence electrons. The summed E-state index contributed by atoms with van der Waals surface area (Å²) < 4.78 is 23.6. The zero-order valence-corrected chi connectivity index (χ0v) is 14.5. The Kier molecular flexibility index (Phi) is 6.16. The summed E-state index contributed by atoms with van der Waals surface area (Å²) in [6, 6.07) is 7.25. The highest BCUT2D eigenvalue weighted by molar-refractivity contribution is 5.68. The summed E-state index contributed by atoms with van der Waals surface area (Å²) in [4.78, 5) is 18.7. The third-order valence-corrected chi connectivity index (χ3v) is 3.06. The number of alkyl carbamates (subject to hydrolysis) is 1. The fourth-order valence-electron chi connectivity index (χ4n) is 1.93. The molecule has 0 saturated carbocycles. The van der Waals surface area contributed by atoms with Crippen molar-refractivity contribution in [3.8, 4) is 17.1 Å². The van der Waals surface area contributed by atoms with Gasteiger partial charge in [-0.25, -0.2) is 14.2 Å². The molecule has 0 atom stereocenters. The molecule has 7 heteroatoms. The Morgan fingerprint density at radius 2 is 2.04 bits per heavy atom. The fraction of sp³-hybridized carbons (Fsp3) is 0.333. The standard InChI is InChI=1S/C18H22FN3O3/c1-18(2,3)25-17(23)22-11-13(10-19)12-24-15-6-4-14(5-7-15)16-20-8-9-21-16/h4-10H,11-12H2,1-3H3,(H,20,21)(H,22,23)/b13-10-. The number of imidazole rings is 1. The van der Waals surface area contributed by atoms with Gasteiger partial charge in [-0.05, 0) is 45.0 Å². The van der Waals surface area contributed by atoms with Gasteiger partial charge in [0.15, 0.2) is 0 Å². The number of halogens is 1. The molecule has 0 fully saturated rings. The van der Waals surface area contributed by atoms with Crippen LogP contribution in [-0.4, -0.2) is 34.8 Å². The van der Waals surface area contributed by atoms with Gasteiger partial charge in [0, 0.05) is 30.1 Å². The van der Waals surface area contributed by atoms with Crippen LogP contribution in [0.5, 0.6) is 5.75 Å². The molecule has 0 radical (unpaired) electrons. The number of carbonyl (C=O) groups excluding carboxylic acids is 1. The molecular weight excluding hydrogens is 325 g/mol. The number of benzene rings is 1. The first-order valence-electron chi connectivity index (χ1n) is 7.85. The lowest BCUT2D eigenvalue weighted by molar-refractivity contribution is 0.0531. The molecule has 2 rings (SSSR count). The zero-order chi connectivity index (χ0) is 18.3. The topological polar surface area (TPSA) is 76.2 Å². The minimum Gasteiger partial charge on any atom is -0.489 e. The number of hydrogen-bond acceptors (Lipinski definition) is 4. The second kappa shape index (κ2) is 8.32. The van der Waals surface area contributed by atoms with Crippen molar-refractivity contribution < 1.29 is 18.7 Å². The van der Waals surface area contributed by atoms with Crippen molar-refractivity contribution in [3.63, 3.8) is 0 Å². The molecule has 25 heavy (non-hydrogen) atoms. The molecule has 1 heterocycles. The fourth-order valence-corrected chi connectivity index (χ4v) is 1.93. The number of carbonyl (C=O) groups is 1. The van der Waals surface area contributed by atoms with E-state index in [1.165, 1.54) is 0 Å². The molecular formula is C18H22FN3O3. The lowest BCUT2D eigenvalue weighted by atomic mass is 10.2. The Labute approximate surface area is 146 Å². The van der Waals surface area contributed by atoms with Crippen LogP contribution in [0.3, 0.4) is 0 Å². The lowest BCUT2D eigenvalue weighted by Gasteiger charge is -2.20. The molecule has 1 aromatic carbocycles. The average Bonchev–Trinajstić information content (AvgIpc) is 3.08. The Balaban J connectivity index is 1.81. The van der Waals surface area contributed by atoms with Crippen LogP contribution in [0, 0.1) is 0 Å². The molecule has 0 aliphatic carbocycles. The Morgan fingerprint density at radius 3 is 2.60 bits per heavy atom. The van der Waals surface area contributed by atoms with Crippen LogP contribution < -0.4 is 10.1 Å². The number of nitrogens with one attached hydrogen (secondary N) is 2. The van der Waals surface area contributed by atoms with Crippen LogP contribution >= 0.6 is 0 Å². The van der Waals surface area contributed by atoms with Gasteiger partial charge in [-0.15, -0.1) is 0 Å². The van der Waals surface area contributed by atoms with Crippen LogP contribution in [-0.2, 0) is 4.74 Å². The molecule has 6 nitrogen and oxygen atoms in total. The summed E-state index contributed by atoms with van der Waals surface area (Å²) in [5.41, 5.74) is 0.613. The Bertz CT molecular complexity index is 704. The molecule has 0 saturated heterocycles. The second-order valence-corrected chi connectivity index (χ2v) is 6.37. The number of amides is 1. The van der Waals surface area contributed by atoms with Gasteiger partial charge in [0.25, 0.3) is 0 Å². The maximum atomic E-state index is 13.0. The second-order valence-electron chi connectivity index (χ2n) is 6.37. The average molecular weight is 347 g/mol. The van der Waals surface area contributed by atoms with Gasteiger partial charge in [-0.2, -0.15) is 0 Å². The summed E-state index contributed by atoms with van der Waals surface area (Å²) in [5.74, 6) is 1.35. The maximum Gasteiger partial charge on any atom is 0.407 e. The van der Waals surface area contributed by atoms with Crippen molar-refractivity contribution in [2.24, 2.45) is 0 Å². The van der Waals surface area contributed by atoms with E-state index < -0.39 is 11.7 Å². The molecule has 2 aromatic rings. The van der Waals surface area contributed by atoms with E-state index in [-0.39, 0.29) is 13.2 Å². The van der Waals surface area contributed by atoms with Crippen molar-refractivity contribution in [1.29, 1.82) is 0 Å². The van der Waals surface area contributed by atoms with Crippen LogP contribution in [0.1, 0.15) is 20.8 Å². The van der Waals surface area contributed by atoms with Gasteiger partial charge >= 0.3 is 6.09 Å². The number of rotatable bonds is 6. The van der Waals surface area contributed by atoms with E-state index >= 15 is 0 Å². The predicted molar refractivity (Wildman–Crippen MR) is 92.9 cm³/mol. The quantitative estimate of drug-likeness (QED) is 0.832. The number of nitrogens with zero attached hydrogens (tertiary/aromatic N) is 1. The third kappa shape index (κ3) is 6.29. The maximum absolute atomic E-state index is 13.0. The van der Waals surface area contributed by atoms with Gasteiger partial charge in [-0.1, -0.05) is 0 Å². The minimum absolute atomic E-state index is 0.00981. The largest absolute Gasteiger partial charge is 0.489 e. The molecule has 0 aliphatic rings. The van der Waals surface area contributed by atoms with Crippen LogP contribution in [0.4, 0.5) is 9.18 Å². The smallest absolute Gasteiger partial charge is 0.407 e. The van der Waals surface area contributed by atoms with Crippen molar-refractivity contribution in [3.05, 3.63) is 48.6 Å². The molecule has 0 bridgehead atoms. The summed E-state index contributed by atoms with van der Waals surface area (Å²) in [6.07, 6.45) is 3.25. The van der Waals surface area contributed by atoms with E-state index in [1.54, 1.807) is 45.3 Å². The number of hydrogen-bond donors (Lipinski definition) is 2. The number of H-pyrrole nitrogens is 1. The van der Waals surface area contributed by atoms with Crippen LogP contribution in [0.2, 0.25) is 0 Å². The normalized spacial score (nSPS) is 11.9. The monoisotopic (exact) mass is 347 g/mol. The summed E-state index contributed by atoms with van der Waals surface area (Å²) in [6.45, 7) is 5.30. The molecule has 0 unspecified atom stereocenters. The van der Waals surface area contributed by atoms with Gasteiger partial charge in [0.05, 0.1) is 6.33 Å². The summed E-state index contributed by atoms with van der Waals surface area (Å²) in [7, 11) is 0. The Hall–Kier alpha value is -2.83.